The third-order valence-corrected chi connectivity index (χ3v) is 4.38. The van der Waals surface area contributed by atoms with Crippen molar-refractivity contribution in [2.75, 3.05) is 11.9 Å². The zero-order valence-corrected chi connectivity index (χ0v) is 16.3. The van der Waals surface area contributed by atoms with E-state index >= 15 is 0 Å². The third-order valence-electron chi connectivity index (χ3n) is 3.85. The van der Waals surface area contributed by atoms with Crippen molar-refractivity contribution in [1.82, 2.24) is 20.4 Å². The molecule has 2 aromatic rings. The molecule has 0 saturated carbocycles. The Kier molecular flexibility index (Phi) is 5.88. The van der Waals surface area contributed by atoms with E-state index in [0.29, 0.717) is 33.7 Å². The Labute approximate surface area is 166 Å². The summed E-state index contributed by atoms with van der Waals surface area (Å²) in [5.74, 6) is 0.320. The molecule has 1 fully saturated rings. The maximum atomic E-state index is 12.3. The average molecular weight is 412 g/mol. The molecular weight excluding hydrogens is 393 g/mol. The van der Waals surface area contributed by atoms with Crippen LogP contribution in [-0.4, -0.2) is 34.2 Å². The number of anilines is 1. The number of nitrogens with one attached hydrogen (secondary N) is 3. The molecule has 2 heterocycles. The van der Waals surface area contributed by atoms with Gasteiger partial charge in [0.05, 0.1) is 10.7 Å². The summed E-state index contributed by atoms with van der Waals surface area (Å²) in [6, 6.07) is 6.45. The maximum Gasteiger partial charge on any atom is 0.263 e. The van der Waals surface area contributed by atoms with E-state index in [-0.39, 0.29) is 18.6 Å². The van der Waals surface area contributed by atoms with Crippen LogP contribution in [0.4, 0.5) is 5.82 Å². The number of benzene rings is 1. The monoisotopic (exact) mass is 411 g/mol. The van der Waals surface area contributed by atoms with Crippen molar-refractivity contribution in [1.29, 1.82) is 0 Å². The first kappa shape index (κ1) is 19.5. The molecule has 8 nitrogen and oxygen atoms in total. The average Bonchev–Trinajstić information content (AvgIpc) is 2.93. The SMILES string of the molecule is Cc1cc(NC(=O)COc2ccc(Cl)cc2Cl)n(C2NC(=O)CC(C)N2)n1. The van der Waals surface area contributed by atoms with Gasteiger partial charge >= 0.3 is 0 Å². The van der Waals surface area contributed by atoms with Gasteiger partial charge in [-0.05, 0) is 32.0 Å². The number of ether oxygens (including phenoxy) is 1. The Morgan fingerprint density at radius 3 is 2.89 bits per heavy atom. The van der Waals surface area contributed by atoms with Crippen LogP contribution < -0.4 is 20.7 Å². The van der Waals surface area contributed by atoms with E-state index in [1.807, 2.05) is 6.92 Å². The van der Waals surface area contributed by atoms with Gasteiger partial charge in [-0.15, -0.1) is 0 Å². The lowest BCUT2D eigenvalue weighted by Crippen LogP contribution is -2.52. The second-order valence-electron chi connectivity index (χ2n) is 6.27. The molecule has 10 heteroatoms. The second kappa shape index (κ2) is 8.16. The lowest BCUT2D eigenvalue weighted by molar-refractivity contribution is -0.125. The normalized spacial score (nSPS) is 19.5. The number of rotatable bonds is 5. The van der Waals surface area contributed by atoms with E-state index in [1.165, 1.54) is 10.7 Å². The fraction of sp³-hybridized carbons (Fsp3) is 0.353. The predicted octanol–water partition coefficient (Wildman–Crippen LogP) is 2.47. The summed E-state index contributed by atoms with van der Waals surface area (Å²) in [6.07, 6.45) is -0.161. The van der Waals surface area contributed by atoms with E-state index in [2.05, 4.69) is 21.0 Å². The predicted molar refractivity (Wildman–Crippen MR) is 102 cm³/mol. The number of carbonyl (C=O) groups excluding carboxylic acids is 2. The molecule has 0 bridgehead atoms. The van der Waals surface area contributed by atoms with E-state index in [4.69, 9.17) is 27.9 Å². The van der Waals surface area contributed by atoms with Gasteiger partial charge in [0.15, 0.2) is 12.9 Å². The Hall–Kier alpha value is -2.29. The summed E-state index contributed by atoms with van der Waals surface area (Å²) in [5, 5.41) is 13.9. The van der Waals surface area contributed by atoms with Gasteiger partial charge in [-0.2, -0.15) is 5.10 Å². The molecule has 2 unspecified atom stereocenters. The van der Waals surface area contributed by atoms with Gasteiger partial charge in [-0.1, -0.05) is 23.2 Å². The molecule has 2 atom stereocenters. The van der Waals surface area contributed by atoms with Gasteiger partial charge in [0, 0.05) is 23.6 Å². The summed E-state index contributed by atoms with van der Waals surface area (Å²) < 4.78 is 6.96. The quantitative estimate of drug-likeness (QED) is 0.701. The summed E-state index contributed by atoms with van der Waals surface area (Å²) in [5.41, 5.74) is 0.696. The second-order valence-corrected chi connectivity index (χ2v) is 7.11. The summed E-state index contributed by atoms with van der Waals surface area (Å²) in [7, 11) is 0. The van der Waals surface area contributed by atoms with Crippen LogP contribution in [0.5, 0.6) is 5.75 Å². The fourth-order valence-corrected chi connectivity index (χ4v) is 3.18. The van der Waals surface area contributed by atoms with Gasteiger partial charge in [-0.3, -0.25) is 14.9 Å². The highest BCUT2D eigenvalue weighted by Gasteiger charge is 2.26. The third kappa shape index (κ3) is 4.91. The number of halogens is 2. The van der Waals surface area contributed by atoms with Crippen LogP contribution >= 0.6 is 23.2 Å². The molecule has 0 spiro atoms. The Morgan fingerprint density at radius 1 is 1.41 bits per heavy atom. The Bertz CT molecular complexity index is 870. The van der Waals surface area contributed by atoms with E-state index < -0.39 is 12.2 Å². The minimum atomic E-state index is -0.545. The van der Waals surface area contributed by atoms with E-state index in [1.54, 1.807) is 25.1 Å². The fourth-order valence-electron chi connectivity index (χ4n) is 2.71. The smallest absolute Gasteiger partial charge is 0.263 e. The number of amides is 2. The van der Waals surface area contributed by atoms with Crippen molar-refractivity contribution in [2.45, 2.75) is 32.6 Å². The van der Waals surface area contributed by atoms with Gasteiger partial charge in [0.25, 0.3) is 5.91 Å². The van der Waals surface area contributed by atoms with Crippen LogP contribution in [0.25, 0.3) is 0 Å². The van der Waals surface area contributed by atoms with Gasteiger partial charge in [-0.25, -0.2) is 4.68 Å². The van der Waals surface area contributed by atoms with Gasteiger partial charge in [0.2, 0.25) is 5.91 Å². The van der Waals surface area contributed by atoms with Gasteiger partial charge < -0.3 is 15.4 Å². The first-order valence-electron chi connectivity index (χ1n) is 8.31. The van der Waals surface area contributed by atoms with Crippen molar-refractivity contribution in [2.24, 2.45) is 0 Å². The lowest BCUT2D eigenvalue weighted by Gasteiger charge is -2.30. The number of carbonyl (C=O) groups is 2. The number of aromatic nitrogens is 2. The standard InChI is InChI=1S/C17H19Cl2N5O3/c1-9-6-15(25)22-17(20-9)24-14(5-10(2)23-24)21-16(26)8-27-13-4-3-11(18)7-12(13)19/h3-5,7,9,17,20H,6,8H2,1-2H3,(H,21,26)(H,22,25). The lowest BCUT2D eigenvalue weighted by atomic mass is 10.2. The summed E-state index contributed by atoms with van der Waals surface area (Å²) in [4.78, 5) is 24.1. The minimum absolute atomic E-state index is 0.00723. The molecule has 1 aromatic heterocycles. The number of nitrogens with zero attached hydrogens (tertiary/aromatic N) is 2. The molecule has 1 aliphatic heterocycles. The summed E-state index contributed by atoms with van der Waals surface area (Å²) in [6.45, 7) is 3.46. The maximum absolute atomic E-state index is 12.3. The molecule has 3 N–H and O–H groups in total. The van der Waals surface area contributed by atoms with Crippen molar-refractivity contribution in [3.8, 4) is 5.75 Å². The number of aryl methyl sites for hydroxylation is 1. The molecule has 1 saturated heterocycles. The first-order chi connectivity index (χ1) is 12.8. The van der Waals surface area contributed by atoms with E-state index in [9.17, 15) is 9.59 Å². The molecule has 1 aromatic carbocycles. The van der Waals surface area contributed by atoms with Crippen LogP contribution in [0.15, 0.2) is 24.3 Å². The molecule has 144 valence electrons. The van der Waals surface area contributed by atoms with E-state index in [0.717, 1.165) is 0 Å². The number of hydrogen-bond donors (Lipinski definition) is 3. The van der Waals surface area contributed by atoms with Crippen molar-refractivity contribution in [3.05, 3.63) is 40.0 Å². The highest BCUT2D eigenvalue weighted by molar-refractivity contribution is 6.35. The van der Waals surface area contributed by atoms with Crippen LogP contribution in [0, 0.1) is 6.92 Å². The van der Waals surface area contributed by atoms with Crippen LogP contribution in [0.1, 0.15) is 25.3 Å². The van der Waals surface area contributed by atoms with Crippen LogP contribution in [0.3, 0.4) is 0 Å². The van der Waals surface area contributed by atoms with Crippen molar-refractivity contribution < 1.29 is 14.3 Å². The van der Waals surface area contributed by atoms with Crippen LogP contribution in [0.2, 0.25) is 10.0 Å². The molecular formula is C17H19Cl2N5O3. The largest absolute Gasteiger partial charge is 0.482 e. The van der Waals surface area contributed by atoms with Crippen LogP contribution in [-0.2, 0) is 9.59 Å². The molecule has 3 rings (SSSR count). The molecule has 27 heavy (non-hydrogen) atoms. The zero-order chi connectivity index (χ0) is 19.6. The highest BCUT2D eigenvalue weighted by Crippen LogP contribution is 2.27. The number of hydrogen-bond acceptors (Lipinski definition) is 5. The molecule has 1 aliphatic rings. The Balaban J connectivity index is 1.66. The molecule has 2 amide bonds. The zero-order valence-electron chi connectivity index (χ0n) is 14.8. The summed E-state index contributed by atoms with van der Waals surface area (Å²) >= 11 is 11.9. The Morgan fingerprint density at radius 2 is 2.19 bits per heavy atom. The topological polar surface area (TPSA) is 97.3 Å². The van der Waals surface area contributed by atoms with Crippen molar-refractivity contribution in [3.63, 3.8) is 0 Å². The molecule has 0 radical (unpaired) electrons. The first-order valence-corrected chi connectivity index (χ1v) is 9.06. The van der Waals surface area contributed by atoms with Crippen molar-refractivity contribution >= 4 is 40.8 Å². The van der Waals surface area contributed by atoms with Gasteiger partial charge in [0.1, 0.15) is 11.6 Å². The molecule has 0 aliphatic carbocycles. The minimum Gasteiger partial charge on any atom is -0.482 e. The highest BCUT2D eigenvalue weighted by atomic mass is 35.5.